The van der Waals surface area contributed by atoms with Crippen molar-refractivity contribution in [3.63, 3.8) is 0 Å². The summed E-state index contributed by atoms with van der Waals surface area (Å²) in [6.07, 6.45) is -0.305. The van der Waals surface area contributed by atoms with E-state index in [2.05, 4.69) is 5.32 Å². The number of non-ortho nitro benzene ring substituents is 1. The van der Waals surface area contributed by atoms with Crippen LogP contribution in [0.15, 0.2) is 24.3 Å². The first-order chi connectivity index (χ1) is 11.8. The van der Waals surface area contributed by atoms with Gasteiger partial charge in [-0.05, 0) is 31.8 Å². The van der Waals surface area contributed by atoms with Crippen LogP contribution in [0.4, 0.5) is 5.69 Å². The number of likely N-dealkylation sites (N-methyl/N-ethyl adjacent to an activating group) is 1. The molecule has 2 atom stereocenters. The number of carbonyl (C=O) groups excluding carboxylic acids is 3. The first-order valence-corrected chi connectivity index (χ1v) is 7.65. The number of carbonyl (C=O) groups is 3. The van der Waals surface area contributed by atoms with Gasteiger partial charge < -0.3 is 10.1 Å². The number of rotatable bonds is 8. The van der Waals surface area contributed by atoms with Gasteiger partial charge in [-0.25, -0.2) is 0 Å². The maximum Gasteiger partial charge on any atom is 0.313 e. The zero-order valence-corrected chi connectivity index (χ0v) is 13.9. The van der Waals surface area contributed by atoms with E-state index >= 15 is 0 Å². The second-order valence-electron chi connectivity index (χ2n) is 6.03. The van der Waals surface area contributed by atoms with Gasteiger partial charge in [0.05, 0.1) is 11.0 Å². The second-order valence-corrected chi connectivity index (χ2v) is 6.03. The van der Waals surface area contributed by atoms with Crippen LogP contribution in [0.1, 0.15) is 18.4 Å². The number of hydrogen-bond donors (Lipinski definition) is 1. The number of nitro groups is 1. The van der Waals surface area contributed by atoms with Gasteiger partial charge in [0.15, 0.2) is 0 Å². The van der Waals surface area contributed by atoms with Gasteiger partial charge in [0, 0.05) is 18.6 Å². The Labute approximate surface area is 144 Å². The van der Waals surface area contributed by atoms with E-state index in [4.69, 9.17) is 4.74 Å². The van der Waals surface area contributed by atoms with Crippen LogP contribution in [0.2, 0.25) is 0 Å². The van der Waals surface area contributed by atoms with Gasteiger partial charge in [-0.15, -0.1) is 0 Å². The Morgan fingerprint density at radius 2 is 1.92 bits per heavy atom. The van der Waals surface area contributed by atoms with Gasteiger partial charge in [-0.1, -0.05) is 0 Å². The maximum atomic E-state index is 11.9. The minimum Gasteiger partial charge on any atom is -0.460 e. The number of Topliss-reactive ketones (excluding diaryl/α,β-unsaturated/α-hetero) is 1. The highest BCUT2D eigenvalue weighted by Crippen LogP contribution is 2.16. The number of β-lactam (4-membered cyclic amide) rings is 1. The molecule has 0 radical (unpaired) electrons. The molecule has 0 saturated carbocycles. The van der Waals surface area contributed by atoms with Gasteiger partial charge in [0.1, 0.15) is 24.9 Å². The lowest BCUT2D eigenvalue weighted by Crippen LogP contribution is -2.68. The highest BCUT2D eigenvalue weighted by Gasteiger charge is 2.41. The molecule has 1 N–H and O–H groups in total. The molecule has 1 amide bonds. The summed E-state index contributed by atoms with van der Waals surface area (Å²) in [4.78, 5) is 46.8. The molecule has 1 aliphatic heterocycles. The van der Waals surface area contributed by atoms with E-state index < -0.39 is 10.9 Å². The van der Waals surface area contributed by atoms with E-state index in [1.165, 1.54) is 24.3 Å². The summed E-state index contributed by atoms with van der Waals surface area (Å²) in [7, 11) is 3.50. The predicted molar refractivity (Wildman–Crippen MR) is 86.5 cm³/mol. The van der Waals surface area contributed by atoms with Crippen molar-refractivity contribution in [3.05, 3.63) is 39.9 Å². The van der Waals surface area contributed by atoms with E-state index in [1.807, 2.05) is 0 Å². The first kappa shape index (κ1) is 18.5. The first-order valence-electron chi connectivity index (χ1n) is 7.65. The number of esters is 1. The van der Waals surface area contributed by atoms with E-state index in [9.17, 15) is 24.5 Å². The zero-order valence-electron chi connectivity index (χ0n) is 13.9. The van der Waals surface area contributed by atoms with Crippen LogP contribution in [0.5, 0.6) is 0 Å². The molecule has 1 aromatic rings. The third kappa shape index (κ3) is 4.83. The lowest BCUT2D eigenvalue weighted by atomic mass is 9.92. The highest BCUT2D eigenvalue weighted by molar-refractivity contribution is 5.98. The molecule has 1 saturated heterocycles. The van der Waals surface area contributed by atoms with Crippen molar-refractivity contribution < 1.29 is 24.0 Å². The Balaban J connectivity index is 1.75. The smallest absolute Gasteiger partial charge is 0.313 e. The number of hydrogen-bond acceptors (Lipinski definition) is 7. The molecule has 0 unspecified atom stereocenters. The fourth-order valence-electron chi connectivity index (χ4n) is 2.60. The lowest BCUT2D eigenvalue weighted by molar-refractivity contribution is -0.384. The van der Waals surface area contributed by atoms with Crippen molar-refractivity contribution >= 4 is 23.3 Å². The van der Waals surface area contributed by atoms with Gasteiger partial charge >= 0.3 is 5.97 Å². The van der Waals surface area contributed by atoms with Crippen molar-refractivity contribution in [1.82, 2.24) is 10.2 Å². The molecule has 1 fully saturated rings. The van der Waals surface area contributed by atoms with Gasteiger partial charge in [0.2, 0.25) is 5.91 Å². The van der Waals surface area contributed by atoms with Crippen LogP contribution in [0.25, 0.3) is 0 Å². The van der Waals surface area contributed by atoms with Crippen molar-refractivity contribution in [1.29, 1.82) is 0 Å². The summed E-state index contributed by atoms with van der Waals surface area (Å²) < 4.78 is 5.00. The second kappa shape index (κ2) is 7.84. The van der Waals surface area contributed by atoms with Gasteiger partial charge in [-0.2, -0.15) is 0 Å². The normalized spacial score (nSPS) is 19.1. The molecular formula is C16H19N3O6. The summed E-state index contributed by atoms with van der Waals surface area (Å²) in [5.74, 6) is -1.12. The van der Waals surface area contributed by atoms with Crippen LogP contribution in [-0.4, -0.2) is 53.7 Å². The Hall–Kier alpha value is -2.81. The molecule has 1 heterocycles. The summed E-state index contributed by atoms with van der Waals surface area (Å²) in [6, 6.07) is 4.94. The Kier molecular flexibility index (Phi) is 5.81. The minimum atomic E-state index is -0.671. The topological polar surface area (TPSA) is 119 Å². The van der Waals surface area contributed by atoms with Gasteiger partial charge in [0.25, 0.3) is 5.69 Å². The molecule has 9 nitrogen and oxygen atoms in total. The fourth-order valence-corrected chi connectivity index (χ4v) is 2.60. The van der Waals surface area contributed by atoms with Crippen LogP contribution in [-0.2, 0) is 25.7 Å². The van der Waals surface area contributed by atoms with E-state index in [-0.39, 0.29) is 48.9 Å². The third-order valence-electron chi connectivity index (χ3n) is 3.87. The monoisotopic (exact) mass is 349 g/mol. The summed E-state index contributed by atoms with van der Waals surface area (Å²) >= 11 is 0. The molecule has 1 aliphatic rings. The maximum absolute atomic E-state index is 11.9. The Morgan fingerprint density at radius 3 is 2.44 bits per heavy atom. The standard InChI is InChI=1S/C16H19N3O6/c1-18(2)15-13(17-16(15)22)7-12(20)8-14(21)25-9-10-3-5-11(6-4-10)19(23)24/h3-6,13,15H,7-9H2,1-2H3,(H,17,22)/t13-,15-/m1/s1. The van der Waals surface area contributed by atoms with Crippen LogP contribution in [0, 0.1) is 10.1 Å². The molecule has 134 valence electrons. The minimum absolute atomic E-state index is 0.0525. The molecule has 9 heteroatoms. The number of ether oxygens (including phenoxy) is 1. The number of benzene rings is 1. The Morgan fingerprint density at radius 1 is 1.28 bits per heavy atom. The van der Waals surface area contributed by atoms with Crippen molar-refractivity contribution in [2.45, 2.75) is 31.5 Å². The summed E-state index contributed by atoms with van der Waals surface area (Å²) in [5.41, 5.74) is 0.536. The van der Waals surface area contributed by atoms with Crippen molar-refractivity contribution in [2.75, 3.05) is 14.1 Å². The van der Waals surface area contributed by atoms with Gasteiger partial charge in [-0.3, -0.25) is 29.4 Å². The molecule has 0 spiro atoms. The molecule has 0 aliphatic carbocycles. The molecule has 0 bridgehead atoms. The molecular weight excluding hydrogens is 330 g/mol. The third-order valence-corrected chi connectivity index (χ3v) is 3.87. The number of nitro benzene ring substituents is 1. The van der Waals surface area contributed by atoms with Crippen molar-refractivity contribution in [3.8, 4) is 0 Å². The van der Waals surface area contributed by atoms with E-state index in [1.54, 1.807) is 19.0 Å². The van der Waals surface area contributed by atoms with Crippen molar-refractivity contribution in [2.24, 2.45) is 0 Å². The lowest BCUT2D eigenvalue weighted by Gasteiger charge is -2.40. The average molecular weight is 349 g/mol. The molecule has 1 aromatic carbocycles. The number of nitrogens with zero attached hydrogens (tertiary/aromatic N) is 2. The predicted octanol–water partition coefficient (Wildman–Crippen LogP) is 0.416. The summed E-state index contributed by atoms with van der Waals surface area (Å²) in [5, 5.41) is 13.2. The number of nitrogens with one attached hydrogen (secondary N) is 1. The molecule has 2 rings (SSSR count). The van der Waals surface area contributed by atoms with Crippen LogP contribution >= 0.6 is 0 Å². The number of amides is 1. The molecule has 0 aromatic heterocycles. The summed E-state index contributed by atoms with van der Waals surface area (Å²) in [6.45, 7) is -0.0649. The highest BCUT2D eigenvalue weighted by atomic mass is 16.6. The SMILES string of the molecule is CN(C)[C@H]1C(=O)N[C@@H]1CC(=O)CC(=O)OCc1ccc([N+](=O)[O-])cc1. The average Bonchev–Trinajstić information content (AvgIpc) is 2.51. The Bertz CT molecular complexity index is 686. The van der Waals surface area contributed by atoms with E-state index in [0.29, 0.717) is 5.56 Å². The fraction of sp³-hybridized carbons (Fsp3) is 0.438. The largest absolute Gasteiger partial charge is 0.460 e. The zero-order chi connectivity index (χ0) is 18.6. The number of ketones is 1. The molecule has 25 heavy (non-hydrogen) atoms. The van der Waals surface area contributed by atoms with Crippen LogP contribution < -0.4 is 5.32 Å². The van der Waals surface area contributed by atoms with E-state index in [0.717, 1.165) is 0 Å². The van der Waals surface area contributed by atoms with Crippen LogP contribution in [0.3, 0.4) is 0 Å². The quantitative estimate of drug-likeness (QED) is 0.237.